The van der Waals surface area contributed by atoms with Crippen molar-refractivity contribution in [1.29, 1.82) is 0 Å². The van der Waals surface area contributed by atoms with Gasteiger partial charge < -0.3 is 10.1 Å². The van der Waals surface area contributed by atoms with Crippen LogP contribution in [0.15, 0.2) is 42.6 Å². The quantitative estimate of drug-likeness (QED) is 0.681. The van der Waals surface area contributed by atoms with E-state index in [0.717, 1.165) is 28.2 Å². The van der Waals surface area contributed by atoms with Gasteiger partial charge in [-0.2, -0.15) is 0 Å². The van der Waals surface area contributed by atoms with Gasteiger partial charge in [0.05, 0.1) is 5.52 Å². The number of nitrogens with zero attached hydrogens (tertiary/aromatic N) is 2. The second-order valence-corrected chi connectivity index (χ2v) is 4.98. The van der Waals surface area contributed by atoms with Crippen LogP contribution in [-0.2, 0) is 4.74 Å². The molecule has 4 nitrogen and oxygen atoms in total. The molecule has 20 heavy (non-hydrogen) atoms. The van der Waals surface area contributed by atoms with Gasteiger partial charge in [-0.15, -0.1) is 0 Å². The maximum absolute atomic E-state index is 5.95. The highest BCUT2D eigenvalue weighted by atomic mass is 16.5. The first kappa shape index (κ1) is 12.7. The highest BCUT2D eigenvalue weighted by molar-refractivity contribution is 5.81. The minimum absolute atomic E-state index is 0.243. The second-order valence-electron chi connectivity index (χ2n) is 4.98. The molecule has 0 amide bonds. The minimum atomic E-state index is -0.243. The van der Waals surface area contributed by atoms with Gasteiger partial charge in [0.15, 0.2) is 0 Å². The molecule has 0 bridgehead atoms. The highest BCUT2D eigenvalue weighted by Crippen LogP contribution is 2.33. The molecule has 0 aromatic carbocycles. The Bertz CT molecular complexity index is 713. The van der Waals surface area contributed by atoms with Crippen LogP contribution in [0, 0.1) is 0 Å². The molecule has 1 aliphatic carbocycles. The topological polar surface area (TPSA) is 47.0 Å². The standard InChI is InChI=1S/C16H17N3O/c1-4-14(20-16(2)7-8-16)12-6-5-11-10-18-15(17-3)9-13(11)19-12/h4-10H,1-3H3,(H,17,18)/b14-4-. The number of pyridine rings is 2. The van der Waals surface area contributed by atoms with Gasteiger partial charge in [0.25, 0.3) is 0 Å². The third kappa shape index (κ3) is 2.37. The van der Waals surface area contributed by atoms with Crippen molar-refractivity contribution >= 4 is 22.5 Å². The van der Waals surface area contributed by atoms with Gasteiger partial charge in [0, 0.05) is 24.7 Å². The van der Waals surface area contributed by atoms with Gasteiger partial charge in [-0.3, -0.25) is 0 Å². The molecule has 2 aromatic heterocycles. The Morgan fingerprint density at radius 2 is 2.15 bits per heavy atom. The van der Waals surface area contributed by atoms with Gasteiger partial charge >= 0.3 is 0 Å². The third-order valence-electron chi connectivity index (χ3n) is 3.31. The molecular weight excluding hydrogens is 250 g/mol. The van der Waals surface area contributed by atoms with E-state index in [2.05, 4.69) is 15.3 Å². The van der Waals surface area contributed by atoms with Crippen molar-refractivity contribution in [1.82, 2.24) is 9.97 Å². The summed E-state index contributed by atoms with van der Waals surface area (Å²) in [5.74, 6) is 1.60. The zero-order valence-corrected chi connectivity index (χ0v) is 11.8. The summed E-state index contributed by atoms with van der Waals surface area (Å²) in [4.78, 5) is 8.95. The highest BCUT2D eigenvalue weighted by Gasteiger charge is 2.31. The number of fused-ring (bicyclic) bond motifs is 1. The van der Waals surface area contributed by atoms with E-state index in [0.29, 0.717) is 0 Å². The van der Waals surface area contributed by atoms with E-state index >= 15 is 0 Å². The molecule has 1 N–H and O–H groups in total. The Kier molecular flexibility index (Phi) is 2.93. The number of aromatic nitrogens is 2. The number of rotatable bonds is 4. The van der Waals surface area contributed by atoms with E-state index in [1.54, 1.807) is 0 Å². The summed E-state index contributed by atoms with van der Waals surface area (Å²) in [6.45, 7) is 3.99. The lowest BCUT2D eigenvalue weighted by molar-refractivity contribution is 0.188. The molecule has 4 heteroatoms. The summed E-state index contributed by atoms with van der Waals surface area (Å²) in [5.41, 5.74) is 1.49. The van der Waals surface area contributed by atoms with Gasteiger partial charge in [0.2, 0.25) is 0 Å². The summed E-state index contributed by atoms with van der Waals surface area (Å²) in [6, 6.07) is 5.91. The van der Waals surface area contributed by atoms with Gasteiger partial charge in [-0.05, 0) is 44.2 Å². The first-order valence-corrected chi connectivity index (χ1v) is 6.64. The van der Waals surface area contributed by atoms with E-state index in [9.17, 15) is 0 Å². The van der Waals surface area contributed by atoms with Crippen LogP contribution < -0.4 is 5.32 Å². The Morgan fingerprint density at radius 1 is 1.35 bits per heavy atom. The average Bonchev–Trinajstić information content (AvgIpc) is 3.21. The summed E-state index contributed by atoms with van der Waals surface area (Å²) in [5, 5.41) is 4.04. The molecule has 0 atom stereocenters. The SMILES string of the molecule is C/C=C(\OC1(C)C=C1)c1ccc2cnc(NC)cc2n1. The summed E-state index contributed by atoms with van der Waals surface area (Å²) < 4.78 is 5.95. The predicted molar refractivity (Wildman–Crippen MR) is 81.4 cm³/mol. The normalized spacial score (nSPS) is 16.2. The molecular formula is C16H17N3O. The van der Waals surface area contributed by atoms with Crippen molar-refractivity contribution < 1.29 is 4.74 Å². The van der Waals surface area contributed by atoms with Crippen LogP contribution in [0.2, 0.25) is 0 Å². The molecule has 0 spiro atoms. The molecule has 102 valence electrons. The zero-order chi connectivity index (χ0) is 14.2. The third-order valence-corrected chi connectivity index (χ3v) is 3.31. The average molecular weight is 267 g/mol. The fraction of sp³-hybridized carbons (Fsp3) is 0.250. The van der Waals surface area contributed by atoms with Crippen LogP contribution >= 0.6 is 0 Å². The monoisotopic (exact) mass is 267 g/mol. The number of anilines is 1. The summed E-state index contributed by atoms with van der Waals surface area (Å²) >= 11 is 0. The lowest BCUT2D eigenvalue weighted by Crippen LogP contribution is -2.10. The first-order valence-electron chi connectivity index (χ1n) is 6.64. The van der Waals surface area contributed by atoms with E-state index in [-0.39, 0.29) is 5.60 Å². The summed E-state index contributed by atoms with van der Waals surface area (Å²) in [6.07, 6.45) is 7.82. The minimum Gasteiger partial charge on any atom is -0.477 e. The Balaban J connectivity index is 1.98. The number of hydrogen-bond acceptors (Lipinski definition) is 4. The van der Waals surface area contributed by atoms with Gasteiger partial charge in [-0.25, -0.2) is 9.97 Å². The molecule has 0 saturated heterocycles. The van der Waals surface area contributed by atoms with Crippen LogP contribution in [0.1, 0.15) is 19.5 Å². The van der Waals surface area contributed by atoms with Crippen LogP contribution in [0.3, 0.4) is 0 Å². The number of ether oxygens (including phenoxy) is 1. The molecule has 2 aromatic rings. The second kappa shape index (κ2) is 4.63. The number of nitrogens with one attached hydrogen (secondary N) is 1. The number of allylic oxidation sites excluding steroid dienone is 1. The van der Waals surface area contributed by atoms with Crippen molar-refractivity contribution in [2.75, 3.05) is 12.4 Å². The van der Waals surface area contributed by atoms with Crippen molar-refractivity contribution in [2.45, 2.75) is 19.4 Å². The Labute approximate surface area is 118 Å². The van der Waals surface area contributed by atoms with Crippen LogP contribution in [-0.4, -0.2) is 22.6 Å². The molecule has 0 saturated carbocycles. The van der Waals surface area contributed by atoms with Crippen LogP contribution in [0.4, 0.5) is 5.82 Å². The van der Waals surface area contributed by atoms with E-state index < -0.39 is 0 Å². The lowest BCUT2D eigenvalue weighted by atomic mass is 10.2. The van der Waals surface area contributed by atoms with E-state index in [1.165, 1.54) is 0 Å². The van der Waals surface area contributed by atoms with Gasteiger partial charge in [0.1, 0.15) is 22.9 Å². The molecule has 0 aliphatic heterocycles. The lowest BCUT2D eigenvalue weighted by Gasteiger charge is -2.16. The first-order chi connectivity index (χ1) is 9.63. The molecule has 3 rings (SSSR count). The zero-order valence-electron chi connectivity index (χ0n) is 11.8. The van der Waals surface area contributed by atoms with Crippen molar-refractivity contribution in [2.24, 2.45) is 0 Å². The maximum Gasteiger partial charge on any atom is 0.143 e. The molecule has 2 heterocycles. The molecule has 0 radical (unpaired) electrons. The predicted octanol–water partition coefficient (Wildman–Crippen LogP) is 3.38. The fourth-order valence-corrected chi connectivity index (χ4v) is 1.97. The fourth-order valence-electron chi connectivity index (χ4n) is 1.97. The van der Waals surface area contributed by atoms with E-state index in [4.69, 9.17) is 4.74 Å². The van der Waals surface area contributed by atoms with Crippen molar-refractivity contribution in [3.05, 3.63) is 48.3 Å². The smallest absolute Gasteiger partial charge is 0.143 e. The van der Waals surface area contributed by atoms with Crippen LogP contribution in [0.5, 0.6) is 0 Å². The Morgan fingerprint density at radius 3 is 2.80 bits per heavy atom. The van der Waals surface area contributed by atoms with Crippen molar-refractivity contribution in [3.8, 4) is 0 Å². The largest absolute Gasteiger partial charge is 0.477 e. The van der Waals surface area contributed by atoms with E-state index in [1.807, 2.05) is 63.5 Å². The maximum atomic E-state index is 5.95. The summed E-state index contributed by atoms with van der Waals surface area (Å²) in [7, 11) is 1.85. The van der Waals surface area contributed by atoms with Crippen molar-refractivity contribution in [3.63, 3.8) is 0 Å². The number of hydrogen-bond donors (Lipinski definition) is 1. The van der Waals surface area contributed by atoms with Crippen LogP contribution in [0.25, 0.3) is 16.7 Å². The molecule has 0 unspecified atom stereocenters. The molecule has 0 fully saturated rings. The Hall–Kier alpha value is -2.36. The van der Waals surface area contributed by atoms with Gasteiger partial charge in [-0.1, -0.05) is 0 Å². The molecule has 1 aliphatic rings.